The van der Waals surface area contributed by atoms with E-state index in [1.807, 2.05) is 31.2 Å². The summed E-state index contributed by atoms with van der Waals surface area (Å²) in [4.78, 5) is 15.2. The fraction of sp³-hybridized carbons (Fsp3) is 0.435. The molecule has 5 heteroatoms. The van der Waals surface area contributed by atoms with Gasteiger partial charge in [-0.25, -0.2) is 0 Å². The van der Waals surface area contributed by atoms with Crippen molar-refractivity contribution in [2.45, 2.75) is 32.2 Å². The molecular weight excluding hydrogens is 352 g/mol. The molecule has 0 aliphatic carbocycles. The zero-order chi connectivity index (χ0) is 19.3. The van der Waals surface area contributed by atoms with Gasteiger partial charge >= 0.3 is 0 Å². The lowest BCUT2D eigenvalue weighted by Crippen LogP contribution is -2.39. The zero-order valence-corrected chi connectivity index (χ0v) is 16.4. The molecule has 1 amide bonds. The van der Waals surface area contributed by atoms with Crippen LogP contribution < -0.4 is 14.8 Å². The van der Waals surface area contributed by atoms with E-state index in [0.717, 1.165) is 31.0 Å². The van der Waals surface area contributed by atoms with Gasteiger partial charge in [-0.3, -0.25) is 9.69 Å². The Labute approximate surface area is 166 Å². The van der Waals surface area contributed by atoms with Crippen LogP contribution in [0.3, 0.4) is 0 Å². The monoisotopic (exact) mass is 380 g/mol. The molecule has 0 aromatic heterocycles. The van der Waals surface area contributed by atoms with Gasteiger partial charge in [0.25, 0.3) is 0 Å². The van der Waals surface area contributed by atoms with E-state index in [4.69, 9.17) is 9.47 Å². The highest BCUT2D eigenvalue weighted by atomic mass is 16.7. The predicted octanol–water partition coefficient (Wildman–Crippen LogP) is 3.55. The van der Waals surface area contributed by atoms with Gasteiger partial charge < -0.3 is 14.8 Å². The number of rotatable bonds is 7. The first-order valence-corrected chi connectivity index (χ1v) is 10.2. The summed E-state index contributed by atoms with van der Waals surface area (Å²) < 4.78 is 11.0. The third-order valence-electron chi connectivity index (χ3n) is 5.66. The smallest absolute Gasteiger partial charge is 0.231 e. The summed E-state index contributed by atoms with van der Waals surface area (Å²) in [6.45, 7) is 5.01. The number of nitrogens with zero attached hydrogens (tertiary/aromatic N) is 1. The maximum Gasteiger partial charge on any atom is 0.231 e. The van der Waals surface area contributed by atoms with Crippen molar-refractivity contribution in [3.8, 4) is 11.5 Å². The van der Waals surface area contributed by atoms with Crippen LogP contribution in [-0.2, 0) is 11.2 Å². The van der Waals surface area contributed by atoms with Crippen LogP contribution in [-0.4, -0.2) is 37.2 Å². The lowest BCUT2D eigenvalue weighted by Gasteiger charge is -2.29. The Bertz CT molecular complexity index is 803. The average molecular weight is 380 g/mol. The number of amides is 1. The maximum atomic E-state index is 12.7. The van der Waals surface area contributed by atoms with Crippen LogP contribution in [0, 0.1) is 5.92 Å². The number of benzene rings is 2. The number of carbonyl (C=O) groups is 1. The van der Waals surface area contributed by atoms with E-state index in [1.54, 1.807) is 0 Å². The fourth-order valence-electron chi connectivity index (χ4n) is 4.06. The van der Waals surface area contributed by atoms with Crippen molar-refractivity contribution < 1.29 is 14.3 Å². The molecule has 2 unspecified atom stereocenters. The highest BCUT2D eigenvalue weighted by Crippen LogP contribution is 2.36. The number of hydrogen-bond acceptors (Lipinski definition) is 4. The fourth-order valence-corrected chi connectivity index (χ4v) is 4.06. The van der Waals surface area contributed by atoms with E-state index in [-0.39, 0.29) is 24.7 Å². The van der Waals surface area contributed by atoms with Crippen molar-refractivity contribution in [1.82, 2.24) is 10.2 Å². The molecule has 28 heavy (non-hydrogen) atoms. The molecule has 1 N–H and O–H groups in total. The number of hydrogen-bond donors (Lipinski definition) is 1. The van der Waals surface area contributed by atoms with E-state index >= 15 is 0 Å². The first kappa shape index (κ1) is 18.8. The molecule has 148 valence electrons. The van der Waals surface area contributed by atoms with Gasteiger partial charge in [-0.2, -0.15) is 0 Å². The second kappa shape index (κ2) is 8.65. The summed E-state index contributed by atoms with van der Waals surface area (Å²) in [5.74, 6) is 1.64. The zero-order valence-electron chi connectivity index (χ0n) is 16.4. The minimum atomic E-state index is -0.0571. The lowest BCUT2D eigenvalue weighted by atomic mass is 10.00. The van der Waals surface area contributed by atoms with Crippen molar-refractivity contribution >= 4 is 5.91 Å². The molecule has 1 saturated heterocycles. The van der Waals surface area contributed by atoms with E-state index in [1.165, 1.54) is 24.0 Å². The van der Waals surface area contributed by atoms with E-state index in [9.17, 15) is 4.79 Å². The quantitative estimate of drug-likeness (QED) is 0.798. The number of nitrogens with one attached hydrogen (secondary N) is 1. The van der Waals surface area contributed by atoms with Crippen molar-refractivity contribution in [3.05, 3.63) is 59.7 Å². The van der Waals surface area contributed by atoms with Gasteiger partial charge in [0.1, 0.15) is 0 Å². The second-order valence-electron chi connectivity index (χ2n) is 7.71. The van der Waals surface area contributed by atoms with Gasteiger partial charge in [0, 0.05) is 12.5 Å². The minimum Gasteiger partial charge on any atom is -0.454 e. The summed E-state index contributed by atoms with van der Waals surface area (Å²) >= 11 is 0. The summed E-state index contributed by atoms with van der Waals surface area (Å²) in [7, 11) is 0. The Kier molecular flexibility index (Phi) is 5.81. The molecule has 2 aliphatic heterocycles. The number of carbonyl (C=O) groups excluding carboxylic acids is 1. The Hall–Kier alpha value is -2.53. The maximum absolute atomic E-state index is 12.7. The van der Waals surface area contributed by atoms with Gasteiger partial charge in [-0.05, 0) is 55.6 Å². The molecule has 4 rings (SSSR count). The van der Waals surface area contributed by atoms with Crippen molar-refractivity contribution in [2.75, 3.05) is 26.4 Å². The van der Waals surface area contributed by atoms with Crippen LogP contribution in [0.4, 0.5) is 0 Å². The largest absolute Gasteiger partial charge is 0.454 e. The van der Waals surface area contributed by atoms with Gasteiger partial charge in [0.2, 0.25) is 12.7 Å². The second-order valence-corrected chi connectivity index (χ2v) is 7.71. The minimum absolute atomic E-state index is 0.0571. The Morgan fingerprint density at radius 1 is 1.07 bits per heavy atom. The molecule has 1 fully saturated rings. The van der Waals surface area contributed by atoms with Gasteiger partial charge in [0.05, 0.1) is 6.04 Å². The summed E-state index contributed by atoms with van der Waals surface area (Å²) in [5, 5.41) is 3.19. The number of fused-ring (bicyclic) bond motifs is 1. The Morgan fingerprint density at radius 2 is 1.82 bits per heavy atom. The summed E-state index contributed by atoms with van der Waals surface area (Å²) in [5.41, 5.74) is 2.36. The van der Waals surface area contributed by atoms with Gasteiger partial charge in [-0.1, -0.05) is 43.3 Å². The summed E-state index contributed by atoms with van der Waals surface area (Å²) in [6, 6.07) is 16.5. The third-order valence-corrected chi connectivity index (χ3v) is 5.66. The molecule has 0 bridgehead atoms. The molecular formula is C23H28N2O3. The molecule has 0 saturated carbocycles. The molecule has 5 nitrogen and oxygen atoms in total. The highest BCUT2D eigenvalue weighted by Gasteiger charge is 2.26. The first-order chi connectivity index (χ1) is 13.7. The topological polar surface area (TPSA) is 50.8 Å². The molecule has 2 aromatic rings. The summed E-state index contributed by atoms with van der Waals surface area (Å²) in [6.07, 6.45) is 3.17. The SMILES string of the molecule is CC(Cc1ccccc1)C(=O)NCC(c1ccc2c(c1)OCO2)N1CCCC1. The Balaban J connectivity index is 1.42. The molecule has 2 aromatic carbocycles. The van der Waals surface area contributed by atoms with Crippen molar-refractivity contribution in [1.29, 1.82) is 0 Å². The van der Waals surface area contributed by atoms with Crippen LogP contribution in [0.5, 0.6) is 11.5 Å². The average Bonchev–Trinajstić information content (AvgIpc) is 3.40. The third kappa shape index (κ3) is 4.30. The molecule has 2 aliphatic rings. The normalized spacial score (nSPS) is 18.0. The first-order valence-electron chi connectivity index (χ1n) is 10.2. The standard InChI is InChI=1S/C23H28N2O3/c1-17(13-18-7-3-2-4-8-18)23(26)24-15-20(25-11-5-6-12-25)19-9-10-21-22(14-19)28-16-27-21/h2-4,7-10,14,17,20H,5-6,11-13,15-16H2,1H3,(H,24,26). The molecule has 0 radical (unpaired) electrons. The van der Waals surface area contributed by atoms with Gasteiger partial charge in [-0.15, -0.1) is 0 Å². The highest BCUT2D eigenvalue weighted by molar-refractivity contribution is 5.78. The van der Waals surface area contributed by atoms with Crippen LogP contribution in [0.15, 0.2) is 48.5 Å². The molecule has 0 spiro atoms. The van der Waals surface area contributed by atoms with Crippen molar-refractivity contribution in [3.63, 3.8) is 0 Å². The van der Waals surface area contributed by atoms with Crippen LogP contribution in [0.1, 0.15) is 36.9 Å². The number of likely N-dealkylation sites (tertiary alicyclic amines) is 1. The van der Waals surface area contributed by atoms with Gasteiger partial charge in [0.15, 0.2) is 11.5 Å². The predicted molar refractivity (Wildman–Crippen MR) is 108 cm³/mol. The van der Waals surface area contributed by atoms with E-state index < -0.39 is 0 Å². The lowest BCUT2D eigenvalue weighted by molar-refractivity contribution is -0.124. The van der Waals surface area contributed by atoms with Crippen LogP contribution in [0.25, 0.3) is 0 Å². The van der Waals surface area contributed by atoms with Crippen LogP contribution >= 0.6 is 0 Å². The molecule has 2 heterocycles. The van der Waals surface area contributed by atoms with Crippen molar-refractivity contribution in [2.24, 2.45) is 5.92 Å². The number of ether oxygens (including phenoxy) is 2. The van der Waals surface area contributed by atoms with Crippen LogP contribution in [0.2, 0.25) is 0 Å². The molecule has 2 atom stereocenters. The van der Waals surface area contributed by atoms with E-state index in [2.05, 4.69) is 34.5 Å². The van der Waals surface area contributed by atoms with E-state index in [0.29, 0.717) is 6.54 Å². The Morgan fingerprint density at radius 3 is 2.61 bits per heavy atom.